The zero-order valence-electron chi connectivity index (χ0n) is 24.0. The normalized spacial score (nSPS) is 34.4. The van der Waals surface area contributed by atoms with E-state index in [2.05, 4.69) is 6.92 Å². The van der Waals surface area contributed by atoms with E-state index < -0.39 is 61.6 Å². The lowest BCUT2D eigenvalue weighted by Crippen LogP contribution is -2.61. The van der Waals surface area contributed by atoms with Crippen LogP contribution in [0.3, 0.4) is 0 Å². The van der Waals surface area contributed by atoms with Crippen LogP contribution < -0.4 is 4.90 Å². The Morgan fingerprint density at radius 2 is 1.79 bits per heavy atom. The van der Waals surface area contributed by atoms with Gasteiger partial charge in [0, 0.05) is 43.3 Å². The maximum absolute atomic E-state index is 13.8. The zero-order chi connectivity index (χ0) is 31.1. The van der Waals surface area contributed by atoms with Gasteiger partial charge in [0.2, 0.25) is 5.78 Å². The molecule has 13 nitrogen and oxygen atoms in total. The van der Waals surface area contributed by atoms with Gasteiger partial charge in [0.15, 0.2) is 12.4 Å². The number of aliphatic hydroxyl groups is 1. The minimum Gasteiger partial charge on any atom is -0.454 e. The topological polar surface area (TPSA) is 187 Å². The number of hydrogen-bond donors (Lipinski definition) is 1. The SMILES string of the molecule is C[C@]12CCC(=O)C=C1CC[C@@H]1[C@@H]2C(=O)C[C@@]2(C)[C@H]1CC[C@]2(O)C(=O)COC(=O)c1cc([N+](=O)[O-])cc([N+](=O)[O-])c1N1CC1. The lowest BCUT2D eigenvalue weighted by molar-refractivity contribution is -0.393. The molecule has 6 rings (SSSR count). The number of hydrogen-bond acceptors (Lipinski definition) is 11. The summed E-state index contributed by atoms with van der Waals surface area (Å²) in [6.07, 6.45) is 4.61. The number of fused-ring (bicyclic) bond motifs is 5. The first kappa shape index (κ1) is 29.1. The van der Waals surface area contributed by atoms with Crippen LogP contribution in [-0.2, 0) is 19.1 Å². The third-order valence-electron chi connectivity index (χ3n) is 11.1. The van der Waals surface area contributed by atoms with Crippen molar-refractivity contribution in [2.24, 2.45) is 28.6 Å². The van der Waals surface area contributed by atoms with Crippen molar-refractivity contribution < 1.29 is 38.9 Å². The molecule has 5 aliphatic rings. The highest BCUT2D eigenvalue weighted by Crippen LogP contribution is 2.66. The molecule has 1 N–H and O–H groups in total. The number of anilines is 1. The molecule has 1 saturated heterocycles. The molecule has 1 aromatic rings. The largest absolute Gasteiger partial charge is 0.454 e. The van der Waals surface area contributed by atoms with E-state index in [4.69, 9.17) is 4.74 Å². The average Bonchev–Trinajstić information content (AvgIpc) is 3.75. The summed E-state index contributed by atoms with van der Waals surface area (Å²) in [5.74, 6) is -2.39. The van der Waals surface area contributed by atoms with Crippen LogP contribution in [0.5, 0.6) is 0 Å². The summed E-state index contributed by atoms with van der Waals surface area (Å²) in [5.41, 5.74) is -4.26. The molecule has 6 atom stereocenters. The summed E-state index contributed by atoms with van der Waals surface area (Å²) in [5, 5.41) is 35.0. The van der Waals surface area contributed by atoms with Crippen molar-refractivity contribution in [3.63, 3.8) is 0 Å². The molecule has 0 amide bonds. The minimum absolute atomic E-state index is 0.0258. The molecule has 43 heavy (non-hydrogen) atoms. The number of nitro benzene ring substituents is 2. The molecule has 0 unspecified atom stereocenters. The number of carbonyl (C=O) groups excluding carboxylic acids is 4. The molecule has 13 heteroatoms. The van der Waals surface area contributed by atoms with Crippen LogP contribution >= 0.6 is 0 Å². The van der Waals surface area contributed by atoms with E-state index in [-0.39, 0.29) is 47.8 Å². The Morgan fingerprint density at radius 3 is 2.44 bits per heavy atom. The Bertz CT molecular complexity index is 1530. The molecular weight excluding hydrogens is 562 g/mol. The fourth-order valence-electron chi connectivity index (χ4n) is 8.78. The van der Waals surface area contributed by atoms with Gasteiger partial charge in [-0.1, -0.05) is 19.4 Å². The number of carbonyl (C=O) groups is 4. The number of ether oxygens (including phenoxy) is 1. The number of rotatable bonds is 7. The highest BCUT2D eigenvalue weighted by atomic mass is 16.6. The molecular formula is C30H33N3O10. The van der Waals surface area contributed by atoms with E-state index in [1.54, 1.807) is 13.0 Å². The summed E-state index contributed by atoms with van der Waals surface area (Å²) >= 11 is 0. The van der Waals surface area contributed by atoms with Gasteiger partial charge >= 0.3 is 5.97 Å². The number of non-ortho nitro benzene ring substituents is 1. The molecule has 3 saturated carbocycles. The van der Waals surface area contributed by atoms with Gasteiger partial charge in [-0.25, -0.2) is 4.79 Å². The first-order chi connectivity index (χ1) is 20.2. The first-order valence-corrected chi connectivity index (χ1v) is 14.6. The van der Waals surface area contributed by atoms with E-state index in [9.17, 15) is 44.5 Å². The van der Waals surface area contributed by atoms with Crippen LogP contribution in [0, 0.1) is 48.8 Å². The number of allylic oxidation sites excluding steroid dienone is 1. The molecule has 1 heterocycles. The Kier molecular flexibility index (Phi) is 6.60. The lowest BCUT2D eigenvalue weighted by atomic mass is 9.46. The van der Waals surface area contributed by atoms with E-state index in [0.717, 1.165) is 17.7 Å². The minimum atomic E-state index is -1.95. The van der Waals surface area contributed by atoms with Crippen LogP contribution in [0.15, 0.2) is 23.8 Å². The van der Waals surface area contributed by atoms with E-state index in [0.29, 0.717) is 45.2 Å². The zero-order valence-corrected chi connectivity index (χ0v) is 24.0. The van der Waals surface area contributed by atoms with Gasteiger partial charge < -0.3 is 14.7 Å². The highest BCUT2D eigenvalue weighted by molar-refractivity contribution is 6.02. The monoisotopic (exact) mass is 595 g/mol. The predicted molar refractivity (Wildman–Crippen MR) is 149 cm³/mol. The predicted octanol–water partition coefficient (Wildman–Crippen LogP) is 3.49. The molecule has 0 radical (unpaired) electrons. The number of esters is 1. The van der Waals surface area contributed by atoms with E-state index in [1.807, 2.05) is 0 Å². The number of ketones is 3. The van der Waals surface area contributed by atoms with Crippen LogP contribution in [0.4, 0.5) is 17.1 Å². The number of benzene rings is 1. The number of Topliss-reactive ketones (excluding diaryl/α,β-unsaturated/α-hetero) is 2. The smallest absolute Gasteiger partial charge is 0.341 e. The Hall–Kier alpha value is -4.00. The fourth-order valence-corrected chi connectivity index (χ4v) is 8.78. The highest BCUT2D eigenvalue weighted by Gasteiger charge is 2.68. The molecule has 0 aromatic heterocycles. The quantitative estimate of drug-likeness (QED) is 0.210. The van der Waals surface area contributed by atoms with Crippen LogP contribution in [-0.4, -0.2) is 63.6 Å². The second-order valence-electron chi connectivity index (χ2n) is 13.2. The van der Waals surface area contributed by atoms with Gasteiger partial charge in [0.05, 0.1) is 21.5 Å². The third-order valence-corrected chi connectivity index (χ3v) is 11.1. The molecule has 0 bridgehead atoms. The second-order valence-corrected chi connectivity index (χ2v) is 13.2. The summed E-state index contributed by atoms with van der Waals surface area (Å²) in [4.78, 5) is 75.6. The Balaban J connectivity index is 1.24. The van der Waals surface area contributed by atoms with E-state index >= 15 is 0 Å². The van der Waals surface area contributed by atoms with Gasteiger partial charge in [0.1, 0.15) is 17.1 Å². The van der Waals surface area contributed by atoms with Crippen molar-refractivity contribution in [1.82, 2.24) is 0 Å². The third kappa shape index (κ3) is 4.30. The van der Waals surface area contributed by atoms with Crippen molar-refractivity contribution >= 4 is 40.4 Å². The maximum atomic E-state index is 13.8. The van der Waals surface area contributed by atoms with Gasteiger partial charge in [-0.2, -0.15) is 0 Å². The number of nitrogens with zero attached hydrogens (tertiary/aromatic N) is 3. The molecule has 1 aromatic carbocycles. The lowest BCUT2D eigenvalue weighted by Gasteiger charge is -2.57. The summed E-state index contributed by atoms with van der Waals surface area (Å²) in [6.45, 7) is 3.75. The standard InChI is InChI=1S/C30H33N3O10/c1-28-7-5-18(34)11-16(28)3-4-19-21-6-8-30(38,29(21,2)14-23(35)25(19)28)24(36)15-43-27(37)20-12-17(32(39)40)13-22(33(41)42)26(20)31-9-10-31/h11-13,19,21,25,38H,3-10,14-15H2,1-2H3/t19-,21-,25+,28-,29-,30-/m0/s1. The first-order valence-electron chi connectivity index (χ1n) is 14.6. The average molecular weight is 596 g/mol. The van der Waals surface area contributed by atoms with Gasteiger partial charge in [-0.05, 0) is 55.4 Å². The summed E-state index contributed by atoms with van der Waals surface area (Å²) in [6, 6.07) is 1.67. The molecule has 4 fully saturated rings. The number of nitro groups is 2. The van der Waals surface area contributed by atoms with Crippen molar-refractivity contribution in [1.29, 1.82) is 0 Å². The maximum Gasteiger partial charge on any atom is 0.341 e. The molecule has 4 aliphatic carbocycles. The van der Waals surface area contributed by atoms with Gasteiger partial charge in [-0.15, -0.1) is 0 Å². The Morgan fingerprint density at radius 1 is 1.07 bits per heavy atom. The van der Waals surface area contributed by atoms with Gasteiger partial charge in [-0.3, -0.25) is 34.6 Å². The van der Waals surface area contributed by atoms with E-state index in [1.165, 1.54) is 4.90 Å². The Labute approximate surface area is 246 Å². The van der Waals surface area contributed by atoms with Crippen molar-refractivity contribution in [3.05, 3.63) is 49.6 Å². The fraction of sp³-hybridized carbons (Fsp3) is 0.600. The molecule has 228 valence electrons. The van der Waals surface area contributed by atoms with Gasteiger partial charge in [0.25, 0.3) is 11.4 Å². The second kappa shape index (κ2) is 9.76. The molecule has 1 aliphatic heterocycles. The van der Waals surface area contributed by atoms with Crippen molar-refractivity contribution in [2.75, 3.05) is 24.6 Å². The van der Waals surface area contributed by atoms with Crippen LogP contribution in [0.25, 0.3) is 0 Å². The van der Waals surface area contributed by atoms with Crippen LogP contribution in [0.2, 0.25) is 0 Å². The van der Waals surface area contributed by atoms with Crippen LogP contribution in [0.1, 0.15) is 69.2 Å². The summed E-state index contributed by atoms with van der Waals surface area (Å²) in [7, 11) is 0. The summed E-state index contributed by atoms with van der Waals surface area (Å²) < 4.78 is 5.27. The van der Waals surface area contributed by atoms with Crippen molar-refractivity contribution in [2.45, 2.75) is 64.4 Å². The van der Waals surface area contributed by atoms with Crippen molar-refractivity contribution in [3.8, 4) is 0 Å². The molecule has 0 spiro atoms.